The molecule has 0 aliphatic heterocycles. The van der Waals surface area contributed by atoms with Gasteiger partial charge in [-0.1, -0.05) is 20.8 Å². The van der Waals surface area contributed by atoms with Gasteiger partial charge in [0.05, 0.1) is 23.4 Å². The van der Waals surface area contributed by atoms with Crippen LogP contribution in [0.3, 0.4) is 0 Å². The molecule has 1 aromatic rings. The van der Waals surface area contributed by atoms with Crippen molar-refractivity contribution in [2.75, 3.05) is 13.2 Å². The summed E-state index contributed by atoms with van der Waals surface area (Å²) in [5.41, 5.74) is 1.13. The number of aliphatic hydroxyl groups excluding tert-OH is 1. The summed E-state index contributed by atoms with van der Waals surface area (Å²) in [5, 5.41) is 16.0. The number of aromatic nitrogens is 1. The third-order valence-electron chi connectivity index (χ3n) is 3.11. The number of nitrogens with zero attached hydrogens (tertiary/aromatic N) is 1. The van der Waals surface area contributed by atoms with Crippen LogP contribution in [0.4, 0.5) is 4.79 Å². The van der Waals surface area contributed by atoms with Crippen LogP contribution in [0.2, 0.25) is 0 Å². The van der Waals surface area contributed by atoms with Crippen molar-refractivity contribution in [1.29, 1.82) is 0 Å². The fraction of sp³-hybridized carbons (Fsp3) is 0.733. The first-order valence-electron chi connectivity index (χ1n) is 7.29. The number of nitrogens with one attached hydrogen (secondary N) is 2. The van der Waals surface area contributed by atoms with Gasteiger partial charge >= 0.3 is 6.03 Å². The molecule has 1 unspecified atom stereocenters. The van der Waals surface area contributed by atoms with E-state index in [1.807, 2.05) is 6.92 Å². The van der Waals surface area contributed by atoms with Crippen molar-refractivity contribution in [3.8, 4) is 0 Å². The molecule has 21 heavy (non-hydrogen) atoms. The van der Waals surface area contributed by atoms with Crippen LogP contribution in [0.25, 0.3) is 0 Å². The molecule has 0 radical (unpaired) electrons. The maximum absolute atomic E-state index is 11.8. The molecule has 0 aliphatic rings. The van der Waals surface area contributed by atoms with Crippen molar-refractivity contribution in [3.05, 3.63) is 15.6 Å². The number of thiazole rings is 1. The molecule has 1 atom stereocenters. The topological polar surface area (TPSA) is 74.2 Å². The van der Waals surface area contributed by atoms with E-state index in [0.29, 0.717) is 6.54 Å². The SMILES string of the molecule is Cc1nc(CCNC(=O)NC(CO)CC(C)(C)C)sc1C. The molecule has 120 valence electrons. The van der Waals surface area contributed by atoms with Crippen LogP contribution in [-0.2, 0) is 6.42 Å². The molecule has 0 fully saturated rings. The van der Waals surface area contributed by atoms with Gasteiger partial charge in [-0.25, -0.2) is 9.78 Å². The van der Waals surface area contributed by atoms with Crippen molar-refractivity contribution in [2.24, 2.45) is 5.41 Å². The molecule has 1 aromatic heterocycles. The maximum Gasteiger partial charge on any atom is 0.315 e. The number of carbonyl (C=O) groups is 1. The highest BCUT2D eigenvalue weighted by Gasteiger charge is 2.19. The van der Waals surface area contributed by atoms with E-state index >= 15 is 0 Å². The van der Waals surface area contributed by atoms with E-state index < -0.39 is 0 Å². The molecule has 5 nitrogen and oxygen atoms in total. The van der Waals surface area contributed by atoms with Crippen molar-refractivity contribution in [2.45, 2.75) is 53.5 Å². The number of hydrogen-bond donors (Lipinski definition) is 3. The minimum atomic E-state index is -0.233. The lowest BCUT2D eigenvalue weighted by atomic mass is 9.88. The number of rotatable bonds is 6. The summed E-state index contributed by atoms with van der Waals surface area (Å²) in [7, 11) is 0. The van der Waals surface area contributed by atoms with Gasteiger partial charge in [-0.15, -0.1) is 11.3 Å². The maximum atomic E-state index is 11.8. The summed E-state index contributed by atoms with van der Waals surface area (Å²) in [4.78, 5) is 17.5. The van der Waals surface area contributed by atoms with Gasteiger partial charge in [0, 0.05) is 17.8 Å². The molecule has 0 aliphatic carbocycles. The van der Waals surface area contributed by atoms with E-state index in [-0.39, 0.29) is 24.1 Å². The minimum Gasteiger partial charge on any atom is -0.394 e. The quantitative estimate of drug-likeness (QED) is 0.755. The summed E-state index contributed by atoms with van der Waals surface area (Å²) >= 11 is 1.67. The van der Waals surface area contributed by atoms with Crippen molar-refractivity contribution < 1.29 is 9.90 Å². The van der Waals surface area contributed by atoms with E-state index in [1.54, 1.807) is 11.3 Å². The molecular formula is C15H27N3O2S. The summed E-state index contributed by atoms with van der Waals surface area (Å²) in [6.07, 6.45) is 1.47. The smallest absolute Gasteiger partial charge is 0.315 e. The number of aryl methyl sites for hydroxylation is 2. The second-order valence-electron chi connectivity index (χ2n) is 6.54. The molecule has 0 aromatic carbocycles. The highest BCUT2D eigenvalue weighted by atomic mass is 32.1. The van der Waals surface area contributed by atoms with E-state index in [4.69, 9.17) is 0 Å². The zero-order valence-electron chi connectivity index (χ0n) is 13.6. The Labute approximate surface area is 131 Å². The molecule has 6 heteroatoms. The zero-order valence-corrected chi connectivity index (χ0v) is 14.4. The fourth-order valence-corrected chi connectivity index (χ4v) is 3.00. The first-order valence-corrected chi connectivity index (χ1v) is 8.11. The Hall–Kier alpha value is -1.14. The molecule has 2 amide bonds. The largest absolute Gasteiger partial charge is 0.394 e. The van der Waals surface area contributed by atoms with Gasteiger partial charge in [-0.05, 0) is 25.7 Å². The number of aliphatic hydroxyl groups is 1. The molecule has 1 rings (SSSR count). The Morgan fingerprint density at radius 3 is 2.52 bits per heavy atom. The average Bonchev–Trinajstić information content (AvgIpc) is 2.66. The predicted octanol–water partition coefficient (Wildman–Crippen LogP) is 2.40. The third kappa shape index (κ3) is 6.91. The number of urea groups is 1. The predicted molar refractivity (Wildman–Crippen MR) is 86.8 cm³/mol. The molecule has 1 heterocycles. The van der Waals surface area contributed by atoms with Crippen LogP contribution < -0.4 is 10.6 Å². The summed E-state index contributed by atoms with van der Waals surface area (Å²) < 4.78 is 0. The molecule has 0 spiro atoms. The summed E-state index contributed by atoms with van der Waals surface area (Å²) in [6.45, 7) is 10.8. The van der Waals surface area contributed by atoms with Crippen LogP contribution in [0, 0.1) is 19.3 Å². The van der Waals surface area contributed by atoms with E-state index in [1.165, 1.54) is 4.88 Å². The molecular weight excluding hydrogens is 286 g/mol. The lowest BCUT2D eigenvalue weighted by Gasteiger charge is -2.25. The van der Waals surface area contributed by atoms with E-state index in [0.717, 1.165) is 23.5 Å². The van der Waals surface area contributed by atoms with E-state index in [9.17, 15) is 9.90 Å². The Bertz CT molecular complexity index is 446. The molecule has 0 saturated heterocycles. The molecule has 3 N–H and O–H groups in total. The van der Waals surface area contributed by atoms with Gasteiger partial charge < -0.3 is 15.7 Å². The van der Waals surface area contributed by atoms with Gasteiger partial charge in [0.15, 0.2) is 0 Å². The zero-order chi connectivity index (χ0) is 16.0. The number of hydrogen-bond acceptors (Lipinski definition) is 4. The van der Waals surface area contributed by atoms with E-state index in [2.05, 4.69) is 43.3 Å². The third-order valence-corrected chi connectivity index (χ3v) is 4.24. The number of amides is 2. The molecule has 0 saturated carbocycles. The summed E-state index contributed by atoms with van der Waals surface area (Å²) in [5.74, 6) is 0. The Balaban J connectivity index is 2.33. The fourth-order valence-electron chi connectivity index (χ4n) is 2.07. The van der Waals surface area contributed by atoms with Gasteiger partial charge in [0.2, 0.25) is 0 Å². The number of carbonyl (C=O) groups excluding carboxylic acids is 1. The van der Waals surface area contributed by atoms with Crippen LogP contribution in [-0.4, -0.2) is 35.3 Å². The highest BCUT2D eigenvalue weighted by molar-refractivity contribution is 7.11. The van der Waals surface area contributed by atoms with Crippen molar-refractivity contribution in [3.63, 3.8) is 0 Å². The van der Waals surface area contributed by atoms with Crippen LogP contribution >= 0.6 is 11.3 Å². The van der Waals surface area contributed by atoms with Gasteiger partial charge in [-0.3, -0.25) is 0 Å². The normalized spacial score (nSPS) is 13.0. The van der Waals surface area contributed by atoms with Crippen LogP contribution in [0.1, 0.15) is 42.8 Å². The van der Waals surface area contributed by atoms with Gasteiger partial charge in [-0.2, -0.15) is 0 Å². The van der Waals surface area contributed by atoms with Crippen molar-refractivity contribution in [1.82, 2.24) is 15.6 Å². The standard InChI is InChI=1S/C15H27N3O2S/c1-10-11(2)21-13(17-10)6-7-16-14(20)18-12(9-19)8-15(3,4)5/h12,19H,6-9H2,1-5H3,(H2,16,18,20). The lowest BCUT2D eigenvalue weighted by molar-refractivity contribution is 0.191. The monoisotopic (exact) mass is 313 g/mol. The van der Waals surface area contributed by atoms with Gasteiger partial charge in [0.25, 0.3) is 0 Å². The second-order valence-corrected chi connectivity index (χ2v) is 7.83. The average molecular weight is 313 g/mol. The first-order chi connectivity index (χ1) is 9.71. The Morgan fingerprint density at radius 2 is 2.05 bits per heavy atom. The van der Waals surface area contributed by atoms with Crippen LogP contribution in [0.5, 0.6) is 0 Å². The minimum absolute atomic E-state index is 0.0461. The summed E-state index contributed by atoms with van der Waals surface area (Å²) in [6, 6.07) is -0.447. The second kappa shape index (κ2) is 7.75. The molecule has 0 bridgehead atoms. The van der Waals surface area contributed by atoms with Crippen molar-refractivity contribution >= 4 is 17.4 Å². The van der Waals surface area contributed by atoms with Crippen LogP contribution in [0.15, 0.2) is 0 Å². The Kier molecular flexibility index (Phi) is 6.61. The van der Waals surface area contributed by atoms with Gasteiger partial charge in [0.1, 0.15) is 0 Å². The lowest BCUT2D eigenvalue weighted by Crippen LogP contribution is -2.45. The Morgan fingerprint density at radius 1 is 1.38 bits per heavy atom. The highest BCUT2D eigenvalue weighted by Crippen LogP contribution is 2.20. The first kappa shape index (κ1) is 17.9.